The molecular formula is C15H24N4O. The zero-order valence-electron chi connectivity index (χ0n) is 12.1. The number of carbonyl (C=O) groups is 1. The monoisotopic (exact) mass is 276 g/mol. The van der Waals surface area contributed by atoms with Crippen LogP contribution in [-0.2, 0) is 4.79 Å². The predicted molar refractivity (Wildman–Crippen MR) is 82.8 cm³/mol. The Morgan fingerprint density at radius 2 is 1.95 bits per heavy atom. The van der Waals surface area contributed by atoms with Crippen LogP contribution in [0, 0.1) is 0 Å². The van der Waals surface area contributed by atoms with E-state index in [2.05, 4.69) is 21.2 Å². The van der Waals surface area contributed by atoms with Crippen molar-refractivity contribution in [1.29, 1.82) is 0 Å². The van der Waals surface area contributed by atoms with E-state index in [-0.39, 0.29) is 5.91 Å². The first kappa shape index (κ1) is 14.7. The number of rotatable bonds is 5. The van der Waals surface area contributed by atoms with Gasteiger partial charge in [-0.3, -0.25) is 9.69 Å². The van der Waals surface area contributed by atoms with Crippen LogP contribution in [0.4, 0.5) is 11.4 Å². The number of nitrogens with one attached hydrogen (secondary N) is 1. The summed E-state index contributed by atoms with van der Waals surface area (Å²) in [5.41, 5.74) is 8.00. The van der Waals surface area contributed by atoms with E-state index in [4.69, 9.17) is 5.73 Å². The number of hydrogen-bond donors (Lipinski definition) is 2. The van der Waals surface area contributed by atoms with Crippen molar-refractivity contribution in [2.24, 2.45) is 0 Å². The summed E-state index contributed by atoms with van der Waals surface area (Å²) in [6, 6.07) is 8.02. The average Bonchev–Trinajstić information content (AvgIpc) is 2.48. The third kappa shape index (κ3) is 3.87. The van der Waals surface area contributed by atoms with E-state index in [9.17, 15) is 4.79 Å². The lowest BCUT2D eigenvalue weighted by atomic mass is 10.2. The fourth-order valence-electron chi connectivity index (χ4n) is 2.58. The van der Waals surface area contributed by atoms with E-state index >= 15 is 0 Å². The second-order valence-corrected chi connectivity index (χ2v) is 5.16. The van der Waals surface area contributed by atoms with E-state index in [0.29, 0.717) is 6.42 Å². The van der Waals surface area contributed by atoms with E-state index in [1.54, 1.807) is 7.05 Å². The van der Waals surface area contributed by atoms with Gasteiger partial charge < -0.3 is 16.0 Å². The molecule has 0 aromatic heterocycles. The molecule has 1 aromatic rings. The third-order valence-corrected chi connectivity index (χ3v) is 3.81. The van der Waals surface area contributed by atoms with Crippen molar-refractivity contribution in [3.8, 4) is 0 Å². The molecule has 1 aliphatic rings. The lowest BCUT2D eigenvalue weighted by molar-refractivity contribution is -0.120. The van der Waals surface area contributed by atoms with E-state index in [1.807, 2.05) is 18.2 Å². The third-order valence-electron chi connectivity index (χ3n) is 3.81. The van der Waals surface area contributed by atoms with Gasteiger partial charge in [0.25, 0.3) is 0 Å². The summed E-state index contributed by atoms with van der Waals surface area (Å²) in [4.78, 5) is 15.9. The number of para-hydroxylation sites is 2. The Morgan fingerprint density at radius 3 is 2.60 bits per heavy atom. The van der Waals surface area contributed by atoms with Gasteiger partial charge in [0.2, 0.25) is 5.91 Å². The molecule has 20 heavy (non-hydrogen) atoms. The number of nitrogens with zero attached hydrogens (tertiary/aromatic N) is 2. The Labute approximate surface area is 120 Å². The van der Waals surface area contributed by atoms with Crippen LogP contribution < -0.4 is 16.0 Å². The first-order valence-electron chi connectivity index (χ1n) is 7.23. The Kier molecular flexibility index (Phi) is 5.24. The number of nitrogens with two attached hydrogens (primary N) is 1. The van der Waals surface area contributed by atoms with Gasteiger partial charge in [-0.25, -0.2) is 0 Å². The van der Waals surface area contributed by atoms with Crippen molar-refractivity contribution in [3.63, 3.8) is 0 Å². The molecule has 1 aromatic carbocycles. The number of piperazine rings is 1. The van der Waals surface area contributed by atoms with Crippen LogP contribution in [0.5, 0.6) is 0 Å². The fraction of sp³-hybridized carbons (Fsp3) is 0.533. The minimum absolute atomic E-state index is 0.126. The fourth-order valence-corrected chi connectivity index (χ4v) is 2.58. The number of anilines is 2. The molecule has 5 heteroatoms. The standard InChI is InChI=1S/C15H24N4O/c1-17-15(20)7-4-8-18-9-11-19(12-10-18)14-6-3-2-5-13(14)16/h2-3,5-6H,4,7-12,16H2,1H3,(H,17,20). The van der Waals surface area contributed by atoms with Gasteiger partial charge in [-0.2, -0.15) is 0 Å². The van der Waals surface area contributed by atoms with Gasteiger partial charge in [0.15, 0.2) is 0 Å². The Balaban J connectivity index is 1.75. The zero-order chi connectivity index (χ0) is 14.4. The van der Waals surface area contributed by atoms with E-state index in [0.717, 1.165) is 50.5 Å². The van der Waals surface area contributed by atoms with Crippen molar-refractivity contribution in [2.75, 3.05) is 50.4 Å². The maximum atomic E-state index is 11.2. The Hall–Kier alpha value is -1.75. The second-order valence-electron chi connectivity index (χ2n) is 5.16. The van der Waals surface area contributed by atoms with Gasteiger partial charge in [-0.1, -0.05) is 12.1 Å². The quantitative estimate of drug-likeness (QED) is 0.785. The van der Waals surface area contributed by atoms with Crippen molar-refractivity contribution < 1.29 is 4.79 Å². The molecule has 1 amide bonds. The molecule has 3 N–H and O–H groups in total. The first-order valence-corrected chi connectivity index (χ1v) is 7.23. The predicted octanol–water partition coefficient (Wildman–Crippen LogP) is 0.917. The maximum absolute atomic E-state index is 11.2. The van der Waals surface area contributed by atoms with E-state index < -0.39 is 0 Å². The zero-order valence-corrected chi connectivity index (χ0v) is 12.1. The average molecular weight is 276 g/mol. The number of carbonyl (C=O) groups excluding carboxylic acids is 1. The lowest BCUT2D eigenvalue weighted by Crippen LogP contribution is -2.46. The molecule has 1 fully saturated rings. The van der Waals surface area contributed by atoms with Gasteiger partial charge in [-0.15, -0.1) is 0 Å². The van der Waals surface area contributed by atoms with E-state index in [1.165, 1.54) is 0 Å². The van der Waals surface area contributed by atoms with Crippen LogP contribution in [0.3, 0.4) is 0 Å². The van der Waals surface area contributed by atoms with Gasteiger partial charge in [0.1, 0.15) is 0 Å². The van der Waals surface area contributed by atoms with Gasteiger partial charge in [-0.05, 0) is 25.1 Å². The van der Waals surface area contributed by atoms with Crippen LogP contribution in [0.2, 0.25) is 0 Å². The number of hydrogen-bond acceptors (Lipinski definition) is 4. The summed E-state index contributed by atoms with van der Waals surface area (Å²) >= 11 is 0. The van der Waals surface area contributed by atoms with Crippen LogP contribution in [0.25, 0.3) is 0 Å². The molecule has 0 spiro atoms. The molecule has 0 saturated carbocycles. The van der Waals surface area contributed by atoms with Gasteiger partial charge >= 0.3 is 0 Å². The highest BCUT2D eigenvalue weighted by Gasteiger charge is 2.18. The molecular weight excluding hydrogens is 252 g/mol. The van der Waals surface area contributed by atoms with Gasteiger partial charge in [0.05, 0.1) is 11.4 Å². The lowest BCUT2D eigenvalue weighted by Gasteiger charge is -2.36. The normalized spacial score (nSPS) is 16.1. The minimum Gasteiger partial charge on any atom is -0.397 e. The number of nitrogen functional groups attached to an aromatic ring is 1. The molecule has 0 bridgehead atoms. The molecule has 2 rings (SSSR count). The molecule has 110 valence electrons. The van der Waals surface area contributed by atoms with Crippen molar-refractivity contribution in [2.45, 2.75) is 12.8 Å². The summed E-state index contributed by atoms with van der Waals surface area (Å²) in [5.74, 6) is 0.126. The topological polar surface area (TPSA) is 61.6 Å². The highest BCUT2D eigenvalue weighted by molar-refractivity contribution is 5.75. The summed E-state index contributed by atoms with van der Waals surface area (Å²) in [7, 11) is 1.69. The smallest absolute Gasteiger partial charge is 0.219 e. The van der Waals surface area contributed by atoms with Crippen molar-refractivity contribution in [1.82, 2.24) is 10.2 Å². The molecule has 1 saturated heterocycles. The van der Waals surface area contributed by atoms with Crippen LogP contribution >= 0.6 is 0 Å². The van der Waals surface area contributed by atoms with Crippen molar-refractivity contribution in [3.05, 3.63) is 24.3 Å². The maximum Gasteiger partial charge on any atom is 0.219 e. The molecule has 5 nitrogen and oxygen atoms in total. The van der Waals surface area contributed by atoms with Crippen LogP contribution in [0.1, 0.15) is 12.8 Å². The number of benzene rings is 1. The highest BCUT2D eigenvalue weighted by Crippen LogP contribution is 2.23. The molecule has 0 aliphatic carbocycles. The SMILES string of the molecule is CNC(=O)CCCN1CCN(c2ccccc2N)CC1. The molecule has 1 heterocycles. The summed E-state index contributed by atoms with van der Waals surface area (Å²) < 4.78 is 0. The van der Waals surface area contributed by atoms with Gasteiger partial charge in [0, 0.05) is 39.6 Å². The Bertz CT molecular complexity index is 441. The first-order chi connectivity index (χ1) is 9.70. The van der Waals surface area contributed by atoms with Crippen molar-refractivity contribution >= 4 is 17.3 Å². The van der Waals surface area contributed by atoms with Crippen LogP contribution in [0.15, 0.2) is 24.3 Å². The van der Waals surface area contributed by atoms with Crippen LogP contribution in [-0.4, -0.2) is 50.6 Å². The summed E-state index contributed by atoms with van der Waals surface area (Å²) in [6.07, 6.45) is 1.54. The largest absolute Gasteiger partial charge is 0.397 e. The number of amides is 1. The molecule has 0 unspecified atom stereocenters. The molecule has 0 radical (unpaired) electrons. The minimum atomic E-state index is 0.126. The molecule has 0 atom stereocenters. The molecule has 1 aliphatic heterocycles. The second kappa shape index (κ2) is 7.14. The highest BCUT2D eigenvalue weighted by atomic mass is 16.1. The summed E-state index contributed by atoms with van der Waals surface area (Å²) in [5, 5.41) is 2.66. The summed E-state index contributed by atoms with van der Waals surface area (Å²) in [6.45, 7) is 5.04. The Morgan fingerprint density at radius 1 is 1.25 bits per heavy atom.